The summed E-state index contributed by atoms with van der Waals surface area (Å²) in [6.07, 6.45) is 3.85. The first-order valence-electron chi connectivity index (χ1n) is 6.19. The number of rotatable bonds is 8. The summed E-state index contributed by atoms with van der Waals surface area (Å²) in [6.45, 7) is 7.75. The highest BCUT2D eigenvalue weighted by atomic mass is 32.2. The minimum absolute atomic E-state index is 0.186. The second-order valence-electron chi connectivity index (χ2n) is 4.32. The molecule has 0 aromatic rings. The van der Waals surface area contributed by atoms with Crippen LogP contribution >= 0.6 is 11.8 Å². The monoisotopic (exact) mass is 273 g/mol. The minimum Gasteiger partial charge on any atom is -0.480 e. The van der Waals surface area contributed by atoms with Crippen LogP contribution in [-0.2, 0) is 9.59 Å². The molecular formula is C13H23NO3S. The van der Waals surface area contributed by atoms with Gasteiger partial charge < -0.3 is 10.4 Å². The van der Waals surface area contributed by atoms with Gasteiger partial charge in [0.2, 0.25) is 5.91 Å². The van der Waals surface area contributed by atoms with Crippen molar-refractivity contribution >= 4 is 23.6 Å². The number of hydrogen-bond donors (Lipinski definition) is 2. The third-order valence-electron chi connectivity index (χ3n) is 2.43. The standard InChI is InChI=1S/C13H23NO3S/c1-5-7-8-10(13(16)17)14-12(15)11(9(3)4)18-6-2/h5,7,9-11H,6,8H2,1-4H3,(H,14,15)(H,16,17)/b7-5+. The van der Waals surface area contributed by atoms with Gasteiger partial charge in [0.1, 0.15) is 6.04 Å². The molecule has 0 aromatic heterocycles. The smallest absolute Gasteiger partial charge is 0.326 e. The molecule has 1 amide bonds. The summed E-state index contributed by atoms with van der Waals surface area (Å²) in [6, 6.07) is -0.840. The number of carbonyl (C=O) groups is 2. The largest absolute Gasteiger partial charge is 0.480 e. The Hall–Kier alpha value is -0.970. The first-order valence-corrected chi connectivity index (χ1v) is 7.24. The number of carboxylic acid groups (broad SMARTS) is 1. The van der Waals surface area contributed by atoms with Crippen molar-refractivity contribution in [1.29, 1.82) is 0 Å². The molecule has 18 heavy (non-hydrogen) atoms. The Kier molecular flexibility index (Phi) is 8.54. The lowest BCUT2D eigenvalue weighted by atomic mass is 10.1. The second-order valence-corrected chi connectivity index (χ2v) is 5.74. The first-order chi connectivity index (χ1) is 8.43. The normalized spacial score (nSPS) is 14.7. The lowest BCUT2D eigenvalue weighted by molar-refractivity contribution is -0.141. The fourth-order valence-electron chi connectivity index (χ4n) is 1.50. The van der Waals surface area contributed by atoms with Gasteiger partial charge in [0.15, 0.2) is 0 Å². The molecule has 0 fully saturated rings. The van der Waals surface area contributed by atoms with Crippen LogP contribution in [0.1, 0.15) is 34.1 Å². The molecule has 104 valence electrons. The summed E-state index contributed by atoms with van der Waals surface area (Å²) in [4.78, 5) is 23.1. The van der Waals surface area contributed by atoms with Crippen molar-refractivity contribution in [3.63, 3.8) is 0 Å². The summed E-state index contributed by atoms with van der Waals surface area (Å²) in [5.74, 6) is -0.159. The van der Waals surface area contributed by atoms with E-state index < -0.39 is 12.0 Å². The number of carbonyl (C=O) groups excluding carboxylic acids is 1. The molecule has 2 N–H and O–H groups in total. The summed E-state index contributed by atoms with van der Waals surface area (Å²) in [5, 5.41) is 11.5. The quantitative estimate of drug-likeness (QED) is 0.666. The number of thioether (sulfide) groups is 1. The number of amides is 1. The van der Waals surface area contributed by atoms with Crippen molar-refractivity contribution in [2.24, 2.45) is 5.92 Å². The van der Waals surface area contributed by atoms with Crippen molar-refractivity contribution in [3.05, 3.63) is 12.2 Å². The van der Waals surface area contributed by atoms with Gasteiger partial charge in [-0.15, -0.1) is 11.8 Å². The van der Waals surface area contributed by atoms with Crippen LogP contribution in [0.4, 0.5) is 0 Å². The van der Waals surface area contributed by atoms with Crippen LogP contribution in [0.15, 0.2) is 12.2 Å². The van der Waals surface area contributed by atoms with E-state index in [1.807, 2.05) is 27.7 Å². The van der Waals surface area contributed by atoms with Crippen molar-refractivity contribution in [2.75, 3.05) is 5.75 Å². The van der Waals surface area contributed by atoms with E-state index in [4.69, 9.17) is 5.11 Å². The van der Waals surface area contributed by atoms with Crippen LogP contribution in [0.25, 0.3) is 0 Å². The number of hydrogen-bond acceptors (Lipinski definition) is 3. The van der Waals surface area contributed by atoms with Gasteiger partial charge >= 0.3 is 5.97 Å². The van der Waals surface area contributed by atoms with E-state index in [-0.39, 0.29) is 17.1 Å². The zero-order valence-electron chi connectivity index (χ0n) is 11.5. The molecule has 0 spiro atoms. The minimum atomic E-state index is -0.995. The lowest BCUT2D eigenvalue weighted by Crippen LogP contribution is -2.45. The maximum absolute atomic E-state index is 12.0. The third-order valence-corrected chi connectivity index (χ3v) is 3.88. The van der Waals surface area contributed by atoms with Crippen molar-refractivity contribution < 1.29 is 14.7 Å². The summed E-state index contributed by atoms with van der Waals surface area (Å²) >= 11 is 1.55. The molecule has 0 heterocycles. The van der Waals surface area contributed by atoms with Gasteiger partial charge in [-0.2, -0.15) is 0 Å². The predicted molar refractivity (Wildman–Crippen MR) is 75.8 cm³/mol. The molecule has 0 rings (SSSR count). The Bertz CT molecular complexity index is 303. The maximum Gasteiger partial charge on any atom is 0.326 e. The fourth-order valence-corrected chi connectivity index (χ4v) is 2.46. The summed E-state index contributed by atoms with van der Waals surface area (Å²) in [7, 11) is 0. The molecule has 0 aliphatic heterocycles. The molecule has 0 radical (unpaired) electrons. The van der Waals surface area contributed by atoms with Crippen molar-refractivity contribution in [3.8, 4) is 0 Å². The van der Waals surface area contributed by atoms with E-state index in [1.165, 1.54) is 0 Å². The van der Waals surface area contributed by atoms with E-state index >= 15 is 0 Å². The summed E-state index contributed by atoms with van der Waals surface area (Å²) in [5.41, 5.74) is 0. The van der Waals surface area contributed by atoms with Gasteiger partial charge in [-0.3, -0.25) is 4.79 Å². The molecule has 0 bridgehead atoms. The van der Waals surface area contributed by atoms with Gasteiger partial charge in [0, 0.05) is 0 Å². The number of aliphatic carboxylic acids is 1. The van der Waals surface area contributed by atoms with E-state index in [0.717, 1.165) is 5.75 Å². The molecule has 4 nitrogen and oxygen atoms in total. The Morgan fingerprint density at radius 3 is 2.39 bits per heavy atom. The topological polar surface area (TPSA) is 66.4 Å². The van der Waals surface area contributed by atoms with Gasteiger partial charge in [-0.1, -0.05) is 32.9 Å². The number of carboxylic acids is 1. The van der Waals surface area contributed by atoms with E-state index in [1.54, 1.807) is 23.9 Å². The van der Waals surface area contributed by atoms with Crippen LogP contribution in [-0.4, -0.2) is 34.0 Å². The Morgan fingerprint density at radius 2 is 2.00 bits per heavy atom. The fraction of sp³-hybridized carbons (Fsp3) is 0.692. The zero-order chi connectivity index (χ0) is 14.1. The summed E-state index contributed by atoms with van der Waals surface area (Å²) < 4.78 is 0. The highest BCUT2D eigenvalue weighted by Crippen LogP contribution is 2.19. The first kappa shape index (κ1) is 17.0. The van der Waals surface area contributed by atoms with Crippen LogP contribution in [0.5, 0.6) is 0 Å². The van der Waals surface area contributed by atoms with Gasteiger partial charge in [0.25, 0.3) is 0 Å². The SMILES string of the molecule is C/C=C/CC(NC(=O)C(SCC)C(C)C)C(=O)O. The Morgan fingerprint density at radius 1 is 1.39 bits per heavy atom. The highest BCUT2D eigenvalue weighted by Gasteiger charge is 2.26. The van der Waals surface area contributed by atoms with E-state index in [9.17, 15) is 9.59 Å². The van der Waals surface area contributed by atoms with Gasteiger partial charge in [0.05, 0.1) is 5.25 Å². The molecule has 0 aliphatic rings. The number of allylic oxidation sites excluding steroid dienone is 1. The van der Waals surface area contributed by atoms with E-state index in [0.29, 0.717) is 6.42 Å². The molecule has 0 saturated heterocycles. The molecule has 5 heteroatoms. The van der Waals surface area contributed by atoms with E-state index in [2.05, 4.69) is 5.32 Å². The lowest BCUT2D eigenvalue weighted by Gasteiger charge is -2.21. The Balaban J connectivity index is 4.59. The third kappa shape index (κ3) is 6.10. The Labute approximate surface area is 113 Å². The molecule has 2 unspecified atom stereocenters. The van der Waals surface area contributed by atoms with Crippen LogP contribution in [0, 0.1) is 5.92 Å². The second kappa shape index (κ2) is 9.03. The van der Waals surface area contributed by atoms with Crippen molar-refractivity contribution in [2.45, 2.75) is 45.4 Å². The maximum atomic E-state index is 12.0. The molecular weight excluding hydrogens is 250 g/mol. The van der Waals surface area contributed by atoms with Crippen LogP contribution in [0.3, 0.4) is 0 Å². The molecule has 0 aromatic carbocycles. The van der Waals surface area contributed by atoms with Crippen LogP contribution in [0.2, 0.25) is 0 Å². The highest BCUT2D eigenvalue weighted by molar-refractivity contribution is 8.00. The average molecular weight is 273 g/mol. The zero-order valence-corrected chi connectivity index (χ0v) is 12.3. The predicted octanol–water partition coefficient (Wildman–Crippen LogP) is 2.30. The van der Waals surface area contributed by atoms with Gasteiger partial charge in [-0.05, 0) is 25.0 Å². The average Bonchev–Trinajstić information content (AvgIpc) is 2.30. The van der Waals surface area contributed by atoms with Crippen LogP contribution < -0.4 is 5.32 Å². The van der Waals surface area contributed by atoms with Gasteiger partial charge in [-0.25, -0.2) is 4.79 Å². The molecule has 2 atom stereocenters. The number of nitrogens with one attached hydrogen (secondary N) is 1. The molecule has 0 saturated carbocycles. The molecule has 0 aliphatic carbocycles. The van der Waals surface area contributed by atoms with Crippen molar-refractivity contribution in [1.82, 2.24) is 5.32 Å².